The second-order valence-electron chi connectivity index (χ2n) is 7.32. The minimum atomic E-state index is -0.289. The number of rotatable bonds is 4. The van der Waals surface area contributed by atoms with Gasteiger partial charge in [-0.05, 0) is 62.4 Å². The molecule has 1 unspecified atom stereocenters. The average molecular weight is 424 g/mol. The number of esters is 1. The molecule has 1 aliphatic carbocycles. The fourth-order valence-corrected chi connectivity index (χ4v) is 4.16. The van der Waals surface area contributed by atoms with Crippen molar-refractivity contribution >= 4 is 40.1 Å². The molecular weight excluding hydrogens is 402 g/mol. The summed E-state index contributed by atoms with van der Waals surface area (Å²) in [5.74, 6) is -0.587. The van der Waals surface area contributed by atoms with Gasteiger partial charge in [-0.25, -0.2) is 0 Å². The molecule has 0 aliphatic heterocycles. The quantitative estimate of drug-likeness (QED) is 0.562. The van der Waals surface area contributed by atoms with Crippen LogP contribution in [-0.2, 0) is 9.53 Å². The molecule has 0 bridgehead atoms. The molecule has 0 saturated heterocycles. The number of pyridine rings is 1. The number of nitrogens with zero attached hydrogens (tertiary/aromatic N) is 3. The number of fused-ring (bicyclic) bond motifs is 1. The van der Waals surface area contributed by atoms with Gasteiger partial charge in [0, 0.05) is 6.20 Å². The van der Waals surface area contributed by atoms with Gasteiger partial charge in [0.05, 0.1) is 28.6 Å². The van der Waals surface area contributed by atoms with Gasteiger partial charge in [0.1, 0.15) is 11.2 Å². The summed E-state index contributed by atoms with van der Waals surface area (Å²) in [7, 11) is 0. The van der Waals surface area contributed by atoms with Crippen molar-refractivity contribution < 1.29 is 14.3 Å². The molecule has 0 amide bonds. The lowest BCUT2D eigenvalue weighted by atomic mass is 9.88. The van der Waals surface area contributed by atoms with Crippen LogP contribution in [0.3, 0.4) is 0 Å². The number of aromatic nitrogens is 3. The maximum absolute atomic E-state index is 13.3. The highest BCUT2D eigenvalue weighted by Crippen LogP contribution is 2.34. The van der Waals surface area contributed by atoms with Crippen LogP contribution in [0.2, 0.25) is 5.02 Å². The first-order valence-corrected chi connectivity index (χ1v) is 10.4. The first-order valence-electron chi connectivity index (χ1n) is 10.0. The molecule has 3 aromatic rings. The normalized spacial score (nSPS) is 16.4. The molecule has 6 nitrogen and oxygen atoms in total. The SMILES string of the molecule is CCOC(=O)C1CC=C(c2nn(C(=O)c3c(C)cccc3Cl)c3cccnc23)CC1. The van der Waals surface area contributed by atoms with Crippen LogP contribution in [0.15, 0.2) is 42.6 Å². The molecule has 2 aromatic heterocycles. The lowest BCUT2D eigenvalue weighted by molar-refractivity contribution is -0.148. The average Bonchev–Trinajstić information content (AvgIpc) is 3.13. The van der Waals surface area contributed by atoms with Gasteiger partial charge in [-0.1, -0.05) is 29.8 Å². The summed E-state index contributed by atoms with van der Waals surface area (Å²) in [6, 6.07) is 8.97. The Balaban J connectivity index is 1.74. The van der Waals surface area contributed by atoms with E-state index in [1.807, 2.05) is 38.1 Å². The lowest BCUT2D eigenvalue weighted by Gasteiger charge is -2.19. The van der Waals surface area contributed by atoms with Crippen LogP contribution in [0, 0.1) is 12.8 Å². The topological polar surface area (TPSA) is 74.1 Å². The monoisotopic (exact) mass is 423 g/mol. The van der Waals surface area contributed by atoms with Gasteiger partial charge in [0.15, 0.2) is 0 Å². The lowest BCUT2D eigenvalue weighted by Crippen LogP contribution is -2.20. The van der Waals surface area contributed by atoms with Gasteiger partial charge >= 0.3 is 5.97 Å². The highest BCUT2D eigenvalue weighted by Gasteiger charge is 2.27. The van der Waals surface area contributed by atoms with E-state index in [0.29, 0.717) is 53.2 Å². The molecule has 0 N–H and O–H groups in total. The van der Waals surface area contributed by atoms with Gasteiger partial charge in [-0.3, -0.25) is 14.6 Å². The van der Waals surface area contributed by atoms with Crippen molar-refractivity contribution in [2.45, 2.75) is 33.1 Å². The van der Waals surface area contributed by atoms with E-state index in [9.17, 15) is 9.59 Å². The van der Waals surface area contributed by atoms with E-state index in [-0.39, 0.29) is 17.8 Å². The van der Waals surface area contributed by atoms with E-state index >= 15 is 0 Å². The Morgan fingerprint density at radius 3 is 2.80 bits per heavy atom. The van der Waals surface area contributed by atoms with E-state index in [1.54, 1.807) is 18.3 Å². The third kappa shape index (κ3) is 3.63. The molecule has 7 heteroatoms. The molecule has 4 rings (SSSR count). The first-order chi connectivity index (χ1) is 14.5. The largest absolute Gasteiger partial charge is 0.466 e. The standard InChI is InChI=1S/C23H22ClN3O3/c1-3-30-23(29)16-11-9-15(10-12-16)20-21-18(8-5-13-25-21)27(26-20)22(28)19-14(2)6-4-7-17(19)24/h4-9,13,16H,3,10-12H2,1-2H3. The van der Waals surface area contributed by atoms with Crippen molar-refractivity contribution in [3.05, 3.63) is 64.4 Å². The van der Waals surface area contributed by atoms with Gasteiger partial charge in [0.25, 0.3) is 5.91 Å². The van der Waals surface area contributed by atoms with Crippen molar-refractivity contribution in [3.63, 3.8) is 0 Å². The Bertz CT molecular complexity index is 1150. The van der Waals surface area contributed by atoms with Crippen molar-refractivity contribution in [2.24, 2.45) is 5.92 Å². The second-order valence-corrected chi connectivity index (χ2v) is 7.73. The van der Waals surface area contributed by atoms with Crippen LogP contribution < -0.4 is 0 Å². The van der Waals surface area contributed by atoms with Gasteiger partial charge in [0.2, 0.25) is 0 Å². The minimum absolute atomic E-state index is 0.137. The van der Waals surface area contributed by atoms with Gasteiger partial charge < -0.3 is 4.74 Å². The Morgan fingerprint density at radius 2 is 2.10 bits per heavy atom. The molecule has 0 fully saturated rings. The third-order valence-electron chi connectivity index (χ3n) is 5.40. The fraction of sp³-hybridized carbons (Fsp3) is 0.304. The summed E-state index contributed by atoms with van der Waals surface area (Å²) in [6.07, 6.45) is 5.65. The molecule has 30 heavy (non-hydrogen) atoms. The van der Waals surface area contributed by atoms with E-state index in [1.165, 1.54) is 4.68 Å². The Kier molecular flexibility index (Phi) is 5.68. The summed E-state index contributed by atoms with van der Waals surface area (Å²) in [5.41, 5.74) is 4.17. The van der Waals surface area contributed by atoms with Crippen LogP contribution >= 0.6 is 11.6 Å². The number of carbonyl (C=O) groups excluding carboxylic acids is 2. The predicted molar refractivity (Wildman–Crippen MR) is 115 cm³/mol. The van der Waals surface area contributed by atoms with E-state index in [4.69, 9.17) is 16.3 Å². The summed E-state index contributed by atoms with van der Waals surface area (Å²) < 4.78 is 6.52. The van der Waals surface area contributed by atoms with Crippen LogP contribution in [0.1, 0.15) is 47.8 Å². The zero-order chi connectivity index (χ0) is 21.3. The maximum atomic E-state index is 13.3. The van der Waals surface area contributed by atoms with E-state index in [0.717, 1.165) is 11.1 Å². The molecule has 0 saturated carbocycles. The van der Waals surface area contributed by atoms with Crippen LogP contribution in [0.5, 0.6) is 0 Å². The molecule has 2 heterocycles. The predicted octanol–water partition coefficient (Wildman–Crippen LogP) is 4.83. The smallest absolute Gasteiger partial charge is 0.309 e. The summed E-state index contributed by atoms with van der Waals surface area (Å²) in [5, 5.41) is 5.03. The third-order valence-corrected chi connectivity index (χ3v) is 5.72. The van der Waals surface area contributed by atoms with Crippen LogP contribution in [0.25, 0.3) is 16.6 Å². The highest BCUT2D eigenvalue weighted by atomic mass is 35.5. The Labute approximate surface area is 179 Å². The molecule has 1 atom stereocenters. The minimum Gasteiger partial charge on any atom is -0.466 e. The van der Waals surface area contributed by atoms with Crippen molar-refractivity contribution in [1.29, 1.82) is 0 Å². The number of hydrogen-bond donors (Lipinski definition) is 0. The van der Waals surface area contributed by atoms with Crippen LogP contribution in [-0.4, -0.2) is 33.2 Å². The molecular formula is C23H22ClN3O3. The van der Waals surface area contributed by atoms with Gasteiger partial charge in [-0.2, -0.15) is 9.78 Å². The molecule has 1 aromatic carbocycles. The molecule has 0 spiro atoms. The summed E-state index contributed by atoms with van der Waals surface area (Å²) in [6.45, 7) is 4.04. The van der Waals surface area contributed by atoms with Crippen molar-refractivity contribution in [1.82, 2.24) is 14.8 Å². The summed E-state index contributed by atoms with van der Waals surface area (Å²) in [4.78, 5) is 29.8. The zero-order valence-corrected chi connectivity index (χ0v) is 17.6. The zero-order valence-electron chi connectivity index (χ0n) is 16.9. The van der Waals surface area contributed by atoms with Crippen LogP contribution in [0.4, 0.5) is 0 Å². The van der Waals surface area contributed by atoms with Gasteiger partial charge in [-0.15, -0.1) is 0 Å². The number of carbonyl (C=O) groups is 2. The van der Waals surface area contributed by atoms with Crippen molar-refractivity contribution in [3.8, 4) is 0 Å². The molecule has 1 aliphatic rings. The van der Waals surface area contributed by atoms with E-state index in [2.05, 4.69) is 10.1 Å². The number of benzene rings is 1. The highest BCUT2D eigenvalue weighted by molar-refractivity contribution is 6.34. The second kappa shape index (κ2) is 8.40. The number of aryl methyl sites for hydroxylation is 1. The number of hydrogen-bond acceptors (Lipinski definition) is 5. The molecule has 154 valence electrons. The number of halogens is 1. The first kappa shape index (κ1) is 20.3. The fourth-order valence-electron chi connectivity index (χ4n) is 3.85. The maximum Gasteiger partial charge on any atom is 0.309 e. The Morgan fingerprint density at radius 1 is 1.27 bits per heavy atom. The van der Waals surface area contributed by atoms with Crippen molar-refractivity contribution in [2.75, 3.05) is 6.61 Å². The Hall–Kier alpha value is -2.99. The molecule has 0 radical (unpaired) electrons. The summed E-state index contributed by atoms with van der Waals surface area (Å²) >= 11 is 6.32. The number of ether oxygens (including phenoxy) is 1. The number of allylic oxidation sites excluding steroid dienone is 2. The van der Waals surface area contributed by atoms with E-state index < -0.39 is 0 Å².